The van der Waals surface area contributed by atoms with E-state index in [0.717, 1.165) is 6.07 Å². The minimum absolute atomic E-state index is 0. The molecule has 0 aliphatic rings. The van der Waals surface area contributed by atoms with Crippen LogP contribution in [0, 0.1) is 5.82 Å². The zero-order valence-electron chi connectivity index (χ0n) is 13.5. The number of aliphatic imine (C=N–C) groups is 1. The lowest BCUT2D eigenvalue weighted by Crippen LogP contribution is -2.24. The molecule has 0 aliphatic heterocycles. The smallest absolute Gasteiger partial charge is 0.193 e. The fourth-order valence-corrected chi connectivity index (χ4v) is 3.16. The number of sulfone groups is 1. The summed E-state index contributed by atoms with van der Waals surface area (Å²) in [5.41, 5.74) is 6.40. The van der Waals surface area contributed by atoms with Crippen LogP contribution in [0.25, 0.3) is 0 Å². The SMILES string of the molecule is COc1ccc(NC(N)=NCCS(=O)(=O)c2ccccc2F)cc1.I. The molecule has 0 heterocycles. The highest BCUT2D eigenvalue weighted by Crippen LogP contribution is 2.16. The Balaban J connectivity index is 0.00000312. The molecule has 3 N–H and O–H groups in total. The van der Waals surface area contributed by atoms with Gasteiger partial charge >= 0.3 is 0 Å². The lowest BCUT2D eigenvalue weighted by Gasteiger charge is -2.07. The molecule has 0 atom stereocenters. The van der Waals surface area contributed by atoms with Crippen LogP contribution in [0.2, 0.25) is 0 Å². The van der Waals surface area contributed by atoms with Crippen molar-refractivity contribution in [2.45, 2.75) is 4.90 Å². The molecule has 0 bridgehead atoms. The summed E-state index contributed by atoms with van der Waals surface area (Å²) in [4.78, 5) is 3.62. The molecule has 0 fully saturated rings. The number of hydrogen-bond donors (Lipinski definition) is 2. The Morgan fingerprint density at radius 1 is 1.20 bits per heavy atom. The Hall–Kier alpha value is -1.88. The van der Waals surface area contributed by atoms with E-state index in [2.05, 4.69) is 10.3 Å². The average molecular weight is 479 g/mol. The van der Waals surface area contributed by atoms with E-state index < -0.39 is 15.7 Å². The number of hydrogen-bond acceptors (Lipinski definition) is 4. The third-order valence-electron chi connectivity index (χ3n) is 3.18. The second-order valence-electron chi connectivity index (χ2n) is 4.87. The fraction of sp³-hybridized carbons (Fsp3) is 0.188. The summed E-state index contributed by atoms with van der Waals surface area (Å²) in [7, 11) is -2.19. The van der Waals surface area contributed by atoms with Crippen LogP contribution in [0.1, 0.15) is 0 Å². The first-order chi connectivity index (χ1) is 11.4. The Bertz CT molecular complexity index is 827. The number of rotatable bonds is 6. The molecule has 2 aromatic rings. The maximum absolute atomic E-state index is 13.6. The molecule has 25 heavy (non-hydrogen) atoms. The van der Waals surface area contributed by atoms with Gasteiger partial charge in [0.1, 0.15) is 16.5 Å². The van der Waals surface area contributed by atoms with Crippen molar-refractivity contribution in [3.05, 3.63) is 54.3 Å². The first kappa shape index (κ1) is 21.2. The molecule has 2 aromatic carbocycles. The lowest BCUT2D eigenvalue weighted by atomic mass is 10.3. The van der Waals surface area contributed by atoms with Gasteiger partial charge in [-0.2, -0.15) is 0 Å². The van der Waals surface area contributed by atoms with Gasteiger partial charge in [-0.05, 0) is 36.4 Å². The van der Waals surface area contributed by atoms with E-state index in [9.17, 15) is 12.8 Å². The van der Waals surface area contributed by atoms with Crippen LogP contribution < -0.4 is 15.8 Å². The Kier molecular flexibility index (Phi) is 8.10. The Labute approximate surface area is 163 Å². The lowest BCUT2D eigenvalue weighted by molar-refractivity contribution is 0.415. The standard InChI is InChI=1S/C16H18FN3O3S.HI/c1-23-13-8-6-12(7-9-13)20-16(18)19-10-11-24(21,22)15-5-3-2-4-14(15)17;/h2-9H,10-11H2,1H3,(H3,18,19,20);1H. The first-order valence-corrected chi connectivity index (χ1v) is 8.76. The zero-order valence-corrected chi connectivity index (χ0v) is 16.6. The van der Waals surface area contributed by atoms with E-state index in [4.69, 9.17) is 10.5 Å². The molecule has 0 saturated carbocycles. The van der Waals surface area contributed by atoms with Crippen molar-refractivity contribution in [3.63, 3.8) is 0 Å². The summed E-state index contributed by atoms with van der Waals surface area (Å²) in [6.45, 7) is -0.0777. The normalized spacial score (nSPS) is 11.5. The minimum Gasteiger partial charge on any atom is -0.497 e. The van der Waals surface area contributed by atoms with Crippen LogP contribution >= 0.6 is 24.0 Å². The van der Waals surface area contributed by atoms with Gasteiger partial charge in [0.05, 0.1) is 19.4 Å². The van der Waals surface area contributed by atoms with Crippen LogP contribution in [-0.2, 0) is 9.84 Å². The third-order valence-corrected chi connectivity index (χ3v) is 4.90. The molecule has 0 amide bonds. The fourth-order valence-electron chi connectivity index (χ4n) is 1.95. The number of benzene rings is 2. The van der Waals surface area contributed by atoms with E-state index in [-0.39, 0.29) is 47.1 Å². The molecule has 0 aromatic heterocycles. The molecule has 0 spiro atoms. The van der Waals surface area contributed by atoms with Gasteiger partial charge in [-0.3, -0.25) is 4.99 Å². The van der Waals surface area contributed by atoms with Gasteiger partial charge in [0, 0.05) is 5.69 Å². The van der Waals surface area contributed by atoms with Crippen LogP contribution in [0.5, 0.6) is 5.75 Å². The van der Waals surface area contributed by atoms with Crippen molar-refractivity contribution < 1.29 is 17.5 Å². The highest BCUT2D eigenvalue weighted by atomic mass is 127. The number of nitrogens with two attached hydrogens (primary N) is 1. The summed E-state index contributed by atoms with van der Waals surface area (Å²) in [6.07, 6.45) is 0. The summed E-state index contributed by atoms with van der Waals surface area (Å²) < 4.78 is 42.8. The Morgan fingerprint density at radius 2 is 1.84 bits per heavy atom. The number of halogens is 2. The van der Waals surface area contributed by atoms with Gasteiger partial charge < -0.3 is 15.8 Å². The molecule has 136 valence electrons. The summed E-state index contributed by atoms with van der Waals surface area (Å²) in [5, 5.41) is 2.83. The number of anilines is 1. The largest absolute Gasteiger partial charge is 0.497 e. The van der Waals surface area contributed by atoms with Crippen LogP contribution in [0.4, 0.5) is 10.1 Å². The van der Waals surface area contributed by atoms with E-state index in [1.807, 2.05) is 0 Å². The van der Waals surface area contributed by atoms with Gasteiger partial charge in [-0.25, -0.2) is 12.8 Å². The maximum Gasteiger partial charge on any atom is 0.193 e. The van der Waals surface area contributed by atoms with E-state index in [1.165, 1.54) is 18.2 Å². The summed E-state index contributed by atoms with van der Waals surface area (Å²) in [5.74, 6) is -0.333. The number of methoxy groups -OCH3 is 1. The monoisotopic (exact) mass is 479 g/mol. The molecule has 9 heteroatoms. The van der Waals surface area contributed by atoms with Gasteiger partial charge in [0.15, 0.2) is 15.8 Å². The summed E-state index contributed by atoms with van der Waals surface area (Å²) >= 11 is 0. The Morgan fingerprint density at radius 3 is 2.44 bits per heavy atom. The molecular formula is C16H19FIN3O3S. The van der Waals surface area contributed by atoms with Crippen LogP contribution in [-0.4, -0.2) is 33.8 Å². The number of ether oxygens (including phenoxy) is 1. The third kappa shape index (κ3) is 6.16. The number of nitrogens with one attached hydrogen (secondary N) is 1. The topological polar surface area (TPSA) is 93.8 Å². The number of guanidine groups is 1. The quantitative estimate of drug-likeness (QED) is 0.378. The predicted octanol–water partition coefficient (Wildman–Crippen LogP) is 2.65. The molecule has 0 saturated heterocycles. The van der Waals surface area contributed by atoms with E-state index in [0.29, 0.717) is 11.4 Å². The first-order valence-electron chi connectivity index (χ1n) is 7.10. The molecule has 0 unspecified atom stereocenters. The van der Waals surface area contributed by atoms with Crippen molar-refractivity contribution >= 4 is 45.5 Å². The van der Waals surface area contributed by atoms with Crippen LogP contribution in [0.15, 0.2) is 58.4 Å². The van der Waals surface area contributed by atoms with Crippen molar-refractivity contribution in [1.82, 2.24) is 0 Å². The van der Waals surface area contributed by atoms with Crippen molar-refractivity contribution in [2.24, 2.45) is 10.7 Å². The van der Waals surface area contributed by atoms with Crippen molar-refractivity contribution in [1.29, 1.82) is 0 Å². The molecule has 0 radical (unpaired) electrons. The predicted molar refractivity (Wildman–Crippen MR) is 107 cm³/mol. The van der Waals surface area contributed by atoms with Crippen LogP contribution in [0.3, 0.4) is 0 Å². The van der Waals surface area contributed by atoms with E-state index >= 15 is 0 Å². The highest BCUT2D eigenvalue weighted by Gasteiger charge is 2.18. The maximum atomic E-state index is 13.6. The van der Waals surface area contributed by atoms with Gasteiger partial charge in [-0.1, -0.05) is 12.1 Å². The van der Waals surface area contributed by atoms with Crippen molar-refractivity contribution in [2.75, 3.05) is 24.7 Å². The van der Waals surface area contributed by atoms with Crippen molar-refractivity contribution in [3.8, 4) is 5.75 Å². The summed E-state index contributed by atoms with van der Waals surface area (Å²) in [6, 6.07) is 12.2. The average Bonchev–Trinajstić information content (AvgIpc) is 2.55. The molecule has 6 nitrogen and oxygen atoms in total. The second-order valence-corrected chi connectivity index (χ2v) is 6.95. The molecule has 0 aliphatic carbocycles. The van der Waals surface area contributed by atoms with Gasteiger partial charge in [0.25, 0.3) is 0 Å². The van der Waals surface area contributed by atoms with Gasteiger partial charge in [-0.15, -0.1) is 24.0 Å². The van der Waals surface area contributed by atoms with Gasteiger partial charge in [0.2, 0.25) is 0 Å². The molecular weight excluding hydrogens is 460 g/mol. The number of nitrogens with zero attached hydrogens (tertiary/aromatic N) is 1. The second kappa shape index (κ2) is 9.56. The minimum atomic E-state index is -3.75. The zero-order chi connectivity index (χ0) is 17.6. The molecule has 2 rings (SSSR count). The van der Waals surface area contributed by atoms with E-state index in [1.54, 1.807) is 31.4 Å². The highest BCUT2D eigenvalue weighted by molar-refractivity contribution is 14.0.